The van der Waals surface area contributed by atoms with Crippen LogP contribution in [0.4, 0.5) is 0 Å². The van der Waals surface area contributed by atoms with Gasteiger partial charge in [0, 0.05) is 36.7 Å². The summed E-state index contributed by atoms with van der Waals surface area (Å²) in [6.07, 6.45) is 3.71. The number of methoxy groups -OCH3 is 1. The van der Waals surface area contributed by atoms with E-state index in [1.165, 1.54) is 0 Å². The molecule has 0 saturated carbocycles. The van der Waals surface area contributed by atoms with E-state index in [0.717, 1.165) is 58.1 Å². The van der Waals surface area contributed by atoms with Crippen molar-refractivity contribution >= 4 is 10.9 Å². The normalized spacial score (nSPS) is 11.1. The first-order chi connectivity index (χ1) is 13.1. The Morgan fingerprint density at radius 3 is 2.56 bits per heavy atom. The highest BCUT2D eigenvalue weighted by atomic mass is 16.5. The second-order valence-corrected chi connectivity index (χ2v) is 6.62. The van der Waals surface area contributed by atoms with Crippen LogP contribution in [0.1, 0.15) is 17.3 Å². The van der Waals surface area contributed by atoms with Gasteiger partial charge in [-0.15, -0.1) is 0 Å². The average molecular weight is 358 g/mol. The fourth-order valence-corrected chi connectivity index (χ4v) is 3.34. The monoisotopic (exact) mass is 358 g/mol. The first kappa shape index (κ1) is 17.2. The van der Waals surface area contributed by atoms with Crippen LogP contribution >= 0.6 is 0 Å². The first-order valence-corrected chi connectivity index (χ1v) is 9.03. The summed E-state index contributed by atoms with van der Waals surface area (Å²) < 4.78 is 7.42. The molecule has 0 spiro atoms. The lowest BCUT2D eigenvalue weighted by atomic mass is 10.1. The van der Waals surface area contributed by atoms with Crippen LogP contribution in [0, 0.1) is 6.92 Å². The predicted octanol–water partition coefficient (Wildman–Crippen LogP) is 4.13. The molecular weight excluding hydrogens is 336 g/mol. The molecule has 0 aliphatic rings. The van der Waals surface area contributed by atoms with Gasteiger partial charge in [-0.3, -0.25) is 0 Å². The molecule has 0 N–H and O–H groups in total. The molecule has 0 amide bonds. The van der Waals surface area contributed by atoms with E-state index < -0.39 is 0 Å². The van der Waals surface area contributed by atoms with E-state index >= 15 is 0 Å². The van der Waals surface area contributed by atoms with Gasteiger partial charge in [-0.05, 0) is 25.5 Å². The summed E-state index contributed by atoms with van der Waals surface area (Å²) in [7, 11) is 3.71. The van der Waals surface area contributed by atoms with Crippen molar-refractivity contribution < 1.29 is 4.74 Å². The third-order valence-electron chi connectivity index (χ3n) is 4.72. The molecule has 27 heavy (non-hydrogen) atoms. The van der Waals surface area contributed by atoms with Gasteiger partial charge in [-0.25, -0.2) is 15.0 Å². The predicted molar refractivity (Wildman–Crippen MR) is 107 cm³/mol. The molecule has 0 saturated heterocycles. The minimum atomic E-state index is 0.774. The quantitative estimate of drug-likeness (QED) is 0.538. The number of aromatic nitrogens is 4. The van der Waals surface area contributed by atoms with Crippen LogP contribution in [-0.4, -0.2) is 26.6 Å². The van der Waals surface area contributed by atoms with E-state index in [4.69, 9.17) is 9.72 Å². The fourth-order valence-electron chi connectivity index (χ4n) is 3.34. The van der Waals surface area contributed by atoms with Crippen molar-refractivity contribution in [2.75, 3.05) is 7.11 Å². The smallest absolute Gasteiger partial charge is 0.126 e. The first-order valence-electron chi connectivity index (χ1n) is 9.03. The van der Waals surface area contributed by atoms with Crippen molar-refractivity contribution in [1.82, 2.24) is 19.5 Å². The Morgan fingerprint density at radius 2 is 1.78 bits per heavy atom. The number of nitrogens with zero attached hydrogens (tertiary/aromatic N) is 4. The van der Waals surface area contributed by atoms with Gasteiger partial charge in [0.1, 0.15) is 17.4 Å². The Morgan fingerprint density at radius 1 is 0.963 bits per heavy atom. The molecule has 2 aromatic heterocycles. The Hall–Kier alpha value is -3.21. The third-order valence-corrected chi connectivity index (χ3v) is 4.72. The lowest BCUT2D eigenvalue weighted by Crippen LogP contribution is -2.04. The Balaban J connectivity index is 1.61. The molecule has 0 bridgehead atoms. The van der Waals surface area contributed by atoms with Gasteiger partial charge < -0.3 is 9.30 Å². The minimum absolute atomic E-state index is 0.774. The summed E-state index contributed by atoms with van der Waals surface area (Å²) in [5.74, 6) is 2.63. The highest BCUT2D eigenvalue weighted by Crippen LogP contribution is 2.23. The van der Waals surface area contributed by atoms with Crippen molar-refractivity contribution in [1.29, 1.82) is 0 Å². The van der Waals surface area contributed by atoms with Crippen LogP contribution in [0.3, 0.4) is 0 Å². The third kappa shape index (κ3) is 3.53. The van der Waals surface area contributed by atoms with Crippen LogP contribution in [0.15, 0.2) is 54.7 Å². The number of benzene rings is 2. The number of aryl methyl sites for hydroxylation is 4. The zero-order valence-corrected chi connectivity index (χ0v) is 15.8. The molecular formula is C22H22N4O. The number of rotatable bonds is 5. The molecule has 4 rings (SSSR count). The van der Waals surface area contributed by atoms with Crippen LogP contribution in [0.2, 0.25) is 0 Å². The van der Waals surface area contributed by atoms with Crippen LogP contribution in [0.5, 0.6) is 5.75 Å². The number of ether oxygens (including phenoxy) is 1. The molecule has 0 unspecified atom stereocenters. The SMILES string of the molecule is COc1ccc2c(CCc3nc(-c4ccccc4)cn3C)nc(C)nc2c1. The maximum absolute atomic E-state index is 5.32. The number of fused-ring (bicyclic) bond motifs is 1. The van der Waals surface area contributed by atoms with E-state index in [9.17, 15) is 0 Å². The van der Waals surface area contributed by atoms with E-state index in [1.54, 1.807) is 7.11 Å². The molecule has 4 aromatic rings. The molecule has 5 heteroatoms. The highest BCUT2D eigenvalue weighted by molar-refractivity contribution is 5.82. The average Bonchev–Trinajstić information content (AvgIpc) is 3.06. The van der Waals surface area contributed by atoms with Gasteiger partial charge in [-0.1, -0.05) is 30.3 Å². The summed E-state index contributed by atoms with van der Waals surface area (Å²) in [6, 6.07) is 16.2. The summed E-state index contributed by atoms with van der Waals surface area (Å²) in [4.78, 5) is 14.1. The number of imidazole rings is 1. The maximum Gasteiger partial charge on any atom is 0.126 e. The highest BCUT2D eigenvalue weighted by Gasteiger charge is 2.11. The van der Waals surface area contributed by atoms with E-state index in [1.807, 2.05) is 50.4 Å². The van der Waals surface area contributed by atoms with E-state index in [0.29, 0.717) is 0 Å². The van der Waals surface area contributed by atoms with Crippen molar-refractivity contribution in [2.45, 2.75) is 19.8 Å². The van der Waals surface area contributed by atoms with E-state index in [-0.39, 0.29) is 0 Å². The molecule has 136 valence electrons. The summed E-state index contributed by atoms with van der Waals surface area (Å²) in [6.45, 7) is 1.93. The second-order valence-electron chi connectivity index (χ2n) is 6.62. The zero-order chi connectivity index (χ0) is 18.8. The van der Waals surface area contributed by atoms with Gasteiger partial charge in [0.2, 0.25) is 0 Å². The lowest BCUT2D eigenvalue weighted by molar-refractivity contribution is 0.415. The zero-order valence-electron chi connectivity index (χ0n) is 15.8. The molecule has 5 nitrogen and oxygen atoms in total. The van der Waals surface area contributed by atoms with Crippen molar-refractivity contribution in [3.05, 3.63) is 72.1 Å². The van der Waals surface area contributed by atoms with Crippen molar-refractivity contribution in [3.63, 3.8) is 0 Å². The van der Waals surface area contributed by atoms with Gasteiger partial charge in [0.25, 0.3) is 0 Å². The Labute approximate surface area is 158 Å². The Kier molecular flexibility index (Phi) is 4.59. The lowest BCUT2D eigenvalue weighted by Gasteiger charge is -2.08. The van der Waals surface area contributed by atoms with Crippen LogP contribution in [-0.2, 0) is 19.9 Å². The van der Waals surface area contributed by atoms with Gasteiger partial charge >= 0.3 is 0 Å². The molecule has 0 fully saturated rings. The minimum Gasteiger partial charge on any atom is -0.497 e. The topological polar surface area (TPSA) is 52.8 Å². The number of hydrogen-bond acceptors (Lipinski definition) is 4. The maximum atomic E-state index is 5.32. The molecule has 0 atom stereocenters. The Bertz CT molecular complexity index is 1090. The van der Waals surface area contributed by atoms with Gasteiger partial charge in [-0.2, -0.15) is 0 Å². The van der Waals surface area contributed by atoms with Crippen molar-refractivity contribution in [3.8, 4) is 17.0 Å². The van der Waals surface area contributed by atoms with Crippen LogP contribution < -0.4 is 4.74 Å². The van der Waals surface area contributed by atoms with Gasteiger partial charge in [0.15, 0.2) is 0 Å². The molecule has 0 aliphatic heterocycles. The summed E-state index contributed by atoms with van der Waals surface area (Å²) in [5, 5.41) is 1.07. The number of hydrogen-bond donors (Lipinski definition) is 0. The molecule has 0 radical (unpaired) electrons. The van der Waals surface area contributed by atoms with Crippen LogP contribution in [0.25, 0.3) is 22.2 Å². The molecule has 0 aliphatic carbocycles. The largest absolute Gasteiger partial charge is 0.497 e. The summed E-state index contributed by atoms with van der Waals surface area (Å²) >= 11 is 0. The standard InChI is InChI=1S/C22H22N4O/c1-15-23-19(18-10-9-17(27-3)13-20(18)24-15)11-12-22-25-21(14-26(22)2)16-7-5-4-6-8-16/h4-10,13-14H,11-12H2,1-3H3. The second kappa shape index (κ2) is 7.19. The van der Waals surface area contributed by atoms with Crippen molar-refractivity contribution in [2.24, 2.45) is 7.05 Å². The summed E-state index contributed by atoms with van der Waals surface area (Å²) in [5.41, 5.74) is 4.10. The molecule has 2 heterocycles. The molecule has 2 aromatic carbocycles. The van der Waals surface area contributed by atoms with Gasteiger partial charge in [0.05, 0.1) is 24.0 Å². The fraction of sp³-hybridized carbons (Fsp3) is 0.227. The van der Waals surface area contributed by atoms with E-state index in [2.05, 4.69) is 32.9 Å².